The third-order valence-corrected chi connectivity index (χ3v) is 5.86. The van der Waals surface area contributed by atoms with Crippen molar-refractivity contribution in [2.75, 3.05) is 37.6 Å². The van der Waals surface area contributed by atoms with Gasteiger partial charge in [0.1, 0.15) is 11.3 Å². The molecule has 1 aromatic carbocycles. The molecule has 0 saturated carbocycles. The number of ketones is 1. The first kappa shape index (κ1) is 20.1. The summed E-state index contributed by atoms with van der Waals surface area (Å²) in [5.41, 5.74) is 7.25. The van der Waals surface area contributed by atoms with Gasteiger partial charge in [-0.2, -0.15) is 0 Å². The molecule has 8 heteroatoms. The van der Waals surface area contributed by atoms with E-state index in [0.717, 1.165) is 38.3 Å². The van der Waals surface area contributed by atoms with Crippen LogP contribution in [0.3, 0.4) is 0 Å². The molecule has 2 aromatic rings. The van der Waals surface area contributed by atoms with Gasteiger partial charge in [-0.25, -0.2) is 8.78 Å². The lowest BCUT2D eigenvalue weighted by molar-refractivity contribution is -0.122. The molecule has 6 nitrogen and oxygen atoms in total. The molecule has 2 fully saturated rings. The second-order valence-corrected chi connectivity index (χ2v) is 8.54. The minimum Gasteiger partial charge on any atom is -0.369 e. The number of halogens is 2. The predicted octanol–water partition coefficient (Wildman–Crippen LogP) is 2.63. The van der Waals surface area contributed by atoms with E-state index in [1.165, 1.54) is 18.5 Å². The monoisotopic (exact) mass is 403 g/mol. The number of nitrogens with zero attached hydrogens (tertiary/aromatic N) is 4. The van der Waals surface area contributed by atoms with E-state index in [1.54, 1.807) is 6.07 Å². The van der Waals surface area contributed by atoms with Gasteiger partial charge in [0.2, 0.25) is 0 Å². The standard InChI is InChI=1S/C21H27F2N5O/c1-13-6-14(7-16(29)12-27-10-15(24)11-27)9-28(8-13)18-3-2-17(21(22)23)19-20(18)26-5-4-25-19/h2-5,13-15,21H,6-12,24H2,1H3/t13-,14-/m0/s1. The molecule has 2 aliphatic rings. The summed E-state index contributed by atoms with van der Waals surface area (Å²) in [4.78, 5) is 25.3. The molecular weight excluding hydrogens is 376 g/mol. The fourth-order valence-electron chi connectivity index (χ4n) is 4.69. The Kier molecular flexibility index (Phi) is 5.74. The van der Waals surface area contributed by atoms with Crippen molar-refractivity contribution < 1.29 is 13.6 Å². The van der Waals surface area contributed by atoms with E-state index in [0.29, 0.717) is 24.4 Å². The van der Waals surface area contributed by atoms with Crippen LogP contribution >= 0.6 is 0 Å². The molecule has 1 aromatic heterocycles. The Balaban J connectivity index is 1.51. The van der Waals surface area contributed by atoms with Crippen molar-refractivity contribution in [1.82, 2.24) is 14.9 Å². The summed E-state index contributed by atoms with van der Waals surface area (Å²) in [6.45, 7) is 5.75. The number of benzene rings is 1. The lowest BCUT2D eigenvalue weighted by Crippen LogP contribution is -2.57. The van der Waals surface area contributed by atoms with E-state index in [4.69, 9.17) is 5.73 Å². The van der Waals surface area contributed by atoms with Gasteiger partial charge in [0.25, 0.3) is 6.43 Å². The van der Waals surface area contributed by atoms with Crippen molar-refractivity contribution in [3.05, 3.63) is 30.1 Å². The van der Waals surface area contributed by atoms with Gasteiger partial charge in [0, 0.05) is 56.6 Å². The maximum atomic E-state index is 13.4. The van der Waals surface area contributed by atoms with Crippen molar-refractivity contribution in [2.24, 2.45) is 17.6 Å². The Morgan fingerprint density at radius 1 is 1.17 bits per heavy atom. The highest BCUT2D eigenvalue weighted by Crippen LogP contribution is 2.35. The number of carbonyl (C=O) groups excluding carboxylic acids is 1. The minimum atomic E-state index is -2.59. The van der Waals surface area contributed by atoms with Crippen LogP contribution in [0.2, 0.25) is 0 Å². The van der Waals surface area contributed by atoms with Crippen molar-refractivity contribution in [3.63, 3.8) is 0 Å². The fourth-order valence-corrected chi connectivity index (χ4v) is 4.69. The summed E-state index contributed by atoms with van der Waals surface area (Å²) in [5.74, 6) is 0.886. The first-order valence-electron chi connectivity index (χ1n) is 10.2. The van der Waals surface area contributed by atoms with Crippen LogP contribution in [0, 0.1) is 11.8 Å². The third kappa shape index (κ3) is 4.38. The van der Waals surface area contributed by atoms with Gasteiger partial charge >= 0.3 is 0 Å². The largest absolute Gasteiger partial charge is 0.369 e. The summed E-state index contributed by atoms with van der Waals surface area (Å²) < 4.78 is 26.7. The van der Waals surface area contributed by atoms with Gasteiger partial charge in [-0.15, -0.1) is 0 Å². The van der Waals surface area contributed by atoms with E-state index >= 15 is 0 Å². The number of anilines is 1. The Bertz CT molecular complexity index is 887. The first-order valence-corrected chi connectivity index (χ1v) is 10.2. The molecule has 2 atom stereocenters. The number of nitrogens with two attached hydrogens (primary N) is 1. The van der Waals surface area contributed by atoms with Crippen LogP contribution in [0.4, 0.5) is 14.5 Å². The van der Waals surface area contributed by atoms with E-state index < -0.39 is 6.43 Å². The molecule has 0 radical (unpaired) electrons. The Morgan fingerprint density at radius 3 is 2.59 bits per heavy atom. The molecule has 4 rings (SSSR count). The molecule has 2 saturated heterocycles. The smallest absolute Gasteiger partial charge is 0.266 e. The van der Waals surface area contributed by atoms with Gasteiger partial charge < -0.3 is 10.6 Å². The van der Waals surface area contributed by atoms with Crippen molar-refractivity contribution in [2.45, 2.75) is 32.2 Å². The number of carbonyl (C=O) groups is 1. The second kappa shape index (κ2) is 8.28. The zero-order valence-corrected chi connectivity index (χ0v) is 16.6. The Labute approximate surface area is 169 Å². The normalized spacial score (nSPS) is 23.6. The van der Waals surface area contributed by atoms with Crippen molar-refractivity contribution in [1.29, 1.82) is 0 Å². The predicted molar refractivity (Wildman–Crippen MR) is 108 cm³/mol. The highest BCUT2D eigenvalue weighted by molar-refractivity contribution is 5.90. The second-order valence-electron chi connectivity index (χ2n) is 8.54. The molecule has 0 aliphatic carbocycles. The Morgan fingerprint density at radius 2 is 1.90 bits per heavy atom. The molecular formula is C21H27F2N5O. The average Bonchev–Trinajstić information content (AvgIpc) is 2.65. The van der Waals surface area contributed by atoms with Gasteiger partial charge in [-0.1, -0.05) is 6.92 Å². The quantitative estimate of drug-likeness (QED) is 0.799. The molecule has 3 heterocycles. The van der Waals surface area contributed by atoms with Gasteiger partial charge in [-0.05, 0) is 30.4 Å². The highest BCUT2D eigenvalue weighted by Gasteiger charge is 2.30. The number of piperidine rings is 1. The zero-order chi connectivity index (χ0) is 20.5. The molecule has 0 amide bonds. The Hall–Kier alpha value is -2.19. The topological polar surface area (TPSA) is 75.3 Å². The van der Waals surface area contributed by atoms with Crippen molar-refractivity contribution >= 4 is 22.5 Å². The lowest BCUT2D eigenvalue weighted by atomic mass is 9.86. The molecule has 0 unspecified atom stereocenters. The number of fused-ring (bicyclic) bond motifs is 1. The number of Topliss-reactive ketones (excluding diaryl/α,β-unsaturated/α-hetero) is 1. The van der Waals surface area contributed by atoms with Crippen LogP contribution in [0.5, 0.6) is 0 Å². The fraction of sp³-hybridized carbons (Fsp3) is 0.571. The number of alkyl halides is 2. The van der Waals surface area contributed by atoms with Crippen LogP contribution in [0.25, 0.3) is 11.0 Å². The first-order chi connectivity index (χ1) is 13.9. The number of likely N-dealkylation sites (tertiary alicyclic amines) is 1. The van der Waals surface area contributed by atoms with Crippen LogP contribution in [0.1, 0.15) is 31.8 Å². The number of rotatable bonds is 6. The van der Waals surface area contributed by atoms with Crippen LogP contribution in [0.15, 0.2) is 24.5 Å². The number of hydrogen-bond donors (Lipinski definition) is 1. The van der Waals surface area contributed by atoms with Crippen LogP contribution in [-0.4, -0.2) is 59.4 Å². The third-order valence-electron chi connectivity index (χ3n) is 5.86. The molecule has 0 bridgehead atoms. The zero-order valence-electron chi connectivity index (χ0n) is 16.6. The van der Waals surface area contributed by atoms with Gasteiger partial charge in [0.05, 0.1) is 17.7 Å². The summed E-state index contributed by atoms with van der Waals surface area (Å²) >= 11 is 0. The van der Waals surface area contributed by atoms with Gasteiger partial charge in [-0.3, -0.25) is 19.7 Å². The van der Waals surface area contributed by atoms with E-state index in [9.17, 15) is 13.6 Å². The van der Waals surface area contributed by atoms with E-state index in [2.05, 4.69) is 26.7 Å². The van der Waals surface area contributed by atoms with Crippen LogP contribution < -0.4 is 10.6 Å². The summed E-state index contributed by atoms with van der Waals surface area (Å²) in [6.07, 6.45) is 1.91. The summed E-state index contributed by atoms with van der Waals surface area (Å²) in [7, 11) is 0. The molecule has 2 aliphatic heterocycles. The molecule has 156 valence electrons. The summed E-state index contributed by atoms with van der Waals surface area (Å²) in [5, 5.41) is 0. The SMILES string of the molecule is C[C@H]1C[C@@H](CC(=O)CN2CC(N)C2)CN(c2ccc(C(F)F)c3nccnc23)C1. The molecule has 0 spiro atoms. The van der Waals surface area contributed by atoms with Crippen molar-refractivity contribution in [3.8, 4) is 0 Å². The maximum absolute atomic E-state index is 13.4. The van der Waals surface area contributed by atoms with E-state index in [-0.39, 0.29) is 28.8 Å². The molecule has 2 N–H and O–H groups in total. The van der Waals surface area contributed by atoms with Gasteiger partial charge in [0.15, 0.2) is 0 Å². The lowest BCUT2D eigenvalue weighted by Gasteiger charge is -2.39. The minimum absolute atomic E-state index is 0.0959. The molecule has 29 heavy (non-hydrogen) atoms. The van der Waals surface area contributed by atoms with Crippen LogP contribution in [-0.2, 0) is 4.79 Å². The number of aromatic nitrogens is 2. The summed E-state index contributed by atoms with van der Waals surface area (Å²) in [6, 6.07) is 3.36. The average molecular weight is 403 g/mol. The highest BCUT2D eigenvalue weighted by atomic mass is 19.3. The maximum Gasteiger partial charge on any atom is 0.266 e. The van der Waals surface area contributed by atoms with E-state index in [1.807, 2.05) is 0 Å². The number of hydrogen-bond acceptors (Lipinski definition) is 6.